The second-order valence-electron chi connectivity index (χ2n) is 12.0. The van der Waals surface area contributed by atoms with Crippen molar-refractivity contribution >= 4 is 16.7 Å². The molecule has 1 fully saturated rings. The van der Waals surface area contributed by atoms with E-state index in [9.17, 15) is 0 Å². The minimum atomic E-state index is 0.383. The highest BCUT2D eigenvalue weighted by Crippen LogP contribution is 2.34. The summed E-state index contributed by atoms with van der Waals surface area (Å²) in [7, 11) is 1.67. The maximum absolute atomic E-state index is 5.27. The molecule has 9 heteroatoms. The zero-order valence-electron chi connectivity index (χ0n) is 25.9. The molecule has 0 saturated carbocycles. The summed E-state index contributed by atoms with van der Waals surface area (Å²) >= 11 is 0. The van der Waals surface area contributed by atoms with E-state index in [1.807, 2.05) is 54.0 Å². The number of ether oxygens (including phenoxy) is 1. The van der Waals surface area contributed by atoms with E-state index in [4.69, 9.17) is 9.72 Å². The summed E-state index contributed by atoms with van der Waals surface area (Å²) in [5, 5.41) is 14.6. The third-order valence-corrected chi connectivity index (χ3v) is 8.94. The topological polar surface area (TPSA) is 97.1 Å². The van der Waals surface area contributed by atoms with Crippen molar-refractivity contribution in [3.8, 4) is 39.5 Å². The van der Waals surface area contributed by atoms with Crippen LogP contribution in [0, 0.1) is 6.92 Å². The van der Waals surface area contributed by atoms with Crippen LogP contribution in [0.3, 0.4) is 0 Å². The van der Waals surface area contributed by atoms with Crippen molar-refractivity contribution in [3.63, 3.8) is 0 Å². The Morgan fingerprint density at radius 2 is 1.61 bits per heavy atom. The number of methoxy groups -OCH3 is 1. The number of piperidine rings is 1. The van der Waals surface area contributed by atoms with Crippen LogP contribution in [0.4, 0.5) is 0 Å². The Bertz CT molecular complexity index is 2130. The number of nitrogens with zero attached hydrogens (tertiary/aromatic N) is 7. The molecule has 7 aromatic rings. The van der Waals surface area contributed by atoms with Gasteiger partial charge < -0.3 is 9.72 Å². The molecule has 1 N–H and O–H groups in total. The average molecular weight is 607 g/mol. The molecular weight excluding hydrogens is 572 g/mol. The van der Waals surface area contributed by atoms with Crippen molar-refractivity contribution < 1.29 is 4.74 Å². The van der Waals surface area contributed by atoms with Gasteiger partial charge in [-0.2, -0.15) is 9.61 Å². The van der Waals surface area contributed by atoms with Crippen molar-refractivity contribution in [1.82, 2.24) is 39.7 Å². The highest BCUT2D eigenvalue weighted by atomic mass is 16.5. The third-order valence-electron chi connectivity index (χ3n) is 8.94. The van der Waals surface area contributed by atoms with Gasteiger partial charge in [-0.05, 0) is 74.3 Å². The SMILES string of the molecule is COc1ccc(-c2nnc(C3CCN(Cc4ccc(-c5nc6c(cnc7cc(C)nn76)cc5-c5ccccc5)cc4)CC3)[nH]2)cc1. The number of aryl methyl sites for hydroxylation is 1. The number of likely N-dealkylation sites (tertiary alicyclic amines) is 1. The van der Waals surface area contributed by atoms with E-state index in [0.29, 0.717) is 5.92 Å². The van der Waals surface area contributed by atoms with E-state index in [2.05, 4.69) is 84.8 Å². The predicted octanol–water partition coefficient (Wildman–Crippen LogP) is 7.09. The predicted molar refractivity (Wildman–Crippen MR) is 180 cm³/mol. The molecule has 1 aliphatic heterocycles. The maximum atomic E-state index is 5.27. The summed E-state index contributed by atoms with van der Waals surface area (Å²) in [4.78, 5) is 15.8. The normalized spacial score (nSPS) is 14.3. The molecule has 8 rings (SSSR count). The molecule has 0 unspecified atom stereocenters. The lowest BCUT2D eigenvalue weighted by atomic mass is 9.95. The molecule has 0 aliphatic carbocycles. The maximum Gasteiger partial charge on any atom is 0.165 e. The summed E-state index contributed by atoms with van der Waals surface area (Å²) < 4.78 is 7.12. The number of aromatic nitrogens is 7. The van der Waals surface area contributed by atoms with Gasteiger partial charge in [-0.25, -0.2) is 9.97 Å². The fourth-order valence-electron chi connectivity index (χ4n) is 6.44. The number of hydrogen-bond acceptors (Lipinski definition) is 7. The smallest absolute Gasteiger partial charge is 0.165 e. The minimum absolute atomic E-state index is 0.383. The molecule has 4 aromatic heterocycles. The van der Waals surface area contributed by atoms with E-state index >= 15 is 0 Å². The van der Waals surface area contributed by atoms with Crippen LogP contribution < -0.4 is 4.74 Å². The lowest BCUT2D eigenvalue weighted by molar-refractivity contribution is 0.202. The molecule has 9 nitrogen and oxygen atoms in total. The fraction of sp³-hybridized carbons (Fsp3) is 0.216. The number of hydrogen-bond donors (Lipinski definition) is 1. The molecule has 46 heavy (non-hydrogen) atoms. The molecule has 0 bridgehead atoms. The van der Waals surface area contributed by atoms with Gasteiger partial charge in [-0.3, -0.25) is 4.90 Å². The molecule has 3 aromatic carbocycles. The summed E-state index contributed by atoms with van der Waals surface area (Å²) in [6.45, 7) is 4.93. The highest BCUT2D eigenvalue weighted by molar-refractivity contribution is 5.90. The van der Waals surface area contributed by atoms with Crippen LogP contribution in [0.5, 0.6) is 5.75 Å². The Balaban J connectivity index is 0.992. The van der Waals surface area contributed by atoms with Gasteiger partial charge in [0, 0.05) is 46.8 Å². The van der Waals surface area contributed by atoms with Gasteiger partial charge in [0.05, 0.1) is 18.5 Å². The van der Waals surface area contributed by atoms with Gasteiger partial charge >= 0.3 is 0 Å². The van der Waals surface area contributed by atoms with Crippen molar-refractivity contribution in [2.75, 3.05) is 20.2 Å². The second-order valence-corrected chi connectivity index (χ2v) is 12.0. The number of nitrogens with one attached hydrogen (secondary N) is 1. The summed E-state index contributed by atoms with van der Waals surface area (Å²) in [5.74, 6) is 2.99. The summed E-state index contributed by atoms with van der Waals surface area (Å²) in [6.07, 6.45) is 3.99. The molecule has 0 spiro atoms. The highest BCUT2D eigenvalue weighted by Gasteiger charge is 2.24. The number of aromatic amines is 1. The van der Waals surface area contributed by atoms with Crippen LogP contribution in [0.1, 0.15) is 35.8 Å². The number of benzene rings is 3. The summed E-state index contributed by atoms with van der Waals surface area (Å²) in [5.41, 5.74) is 9.05. The van der Waals surface area contributed by atoms with E-state index in [-0.39, 0.29) is 0 Å². The van der Waals surface area contributed by atoms with E-state index in [0.717, 1.165) is 100 Å². The monoisotopic (exact) mass is 606 g/mol. The van der Waals surface area contributed by atoms with Crippen molar-refractivity contribution in [1.29, 1.82) is 0 Å². The summed E-state index contributed by atoms with van der Waals surface area (Å²) in [6, 6.07) is 31.4. The lowest BCUT2D eigenvalue weighted by Gasteiger charge is -2.30. The first-order chi connectivity index (χ1) is 22.6. The molecule has 1 aliphatic rings. The fourth-order valence-corrected chi connectivity index (χ4v) is 6.44. The first kappa shape index (κ1) is 28.1. The van der Waals surface area contributed by atoms with Crippen LogP contribution in [0.15, 0.2) is 97.2 Å². The molecule has 0 amide bonds. The Morgan fingerprint density at radius 3 is 2.37 bits per heavy atom. The average Bonchev–Trinajstić information content (AvgIpc) is 3.76. The van der Waals surface area contributed by atoms with E-state index < -0.39 is 0 Å². The second kappa shape index (κ2) is 11.8. The lowest BCUT2D eigenvalue weighted by Crippen LogP contribution is -2.32. The standard InChI is InChI=1S/C37H34N8O/c1-24-20-33-38-22-30-21-32(26-6-4-3-5-7-26)34(39-37(30)45(33)43-24)27-10-8-25(9-11-27)23-44-18-16-29(17-19-44)36-40-35(41-42-36)28-12-14-31(46-2)15-13-28/h3-15,20-22,29H,16-19,23H2,1-2H3,(H,40,41,42). The zero-order chi connectivity index (χ0) is 31.0. The number of pyridine rings is 1. The van der Waals surface area contributed by atoms with Crippen LogP contribution in [-0.2, 0) is 6.54 Å². The van der Waals surface area contributed by atoms with E-state index in [1.165, 1.54) is 5.56 Å². The van der Waals surface area contributed by atoms with E-state index in [1.54, 1.807) is 7.11 Å². The van der Waals surface area contributed by atoms with Gasteiger partial charge in [0.1, 0.15) is 11.6 Å². The van der Waals surface area contributed by atoms with Crippen LogP contribution in [0.25, 0.3) is 50.5 Å². The third kappa shape index (κ3) is 5.39. The van der Waals surface area contributed by atoms with Crippen LogP contribution in [-0.4, -0.2) is 59.9 Å². The van der Waals surface area contributed by atoms with Gasteiger partial charge in [-0.15, -0.1) is 10.2 Å². The Morgan fingerprint density at radius 1 is 0.848 bits per heavy atom. The number of H-pyrrole nitrogens is 1. The minimum Gasteiger partial charge on any atom is -0.497 e. The Hall–Kier alpha value is -5.41. The molecular formula is C37H34N8O. The van der Waals surface area contributed by atoms with Gasteiger partial charge in [0.15, 0.2) is 17.1 Å². The number of fused-ring (bicyclic) bond motifs is 3. The Labute approximate surface area is 266 Å². The first-order valence-corrected chi connectivity index (χ1v) is 15.7. The molecule has 228 valence electrons. The van der Waals surface area contributed by atoms with Crippen molar-refractivity contribution in [2.45, 2.75) is 32.2 Å². The van der Waals surface area contributed by atoms with Crippen molar-refractivity contribution in [3.05, 3.63) is 114 Å². The molecule has 1 saturated heterocycles. The zero-order valence-corrected chi connectivity index (χ0v) is 25.9. The van der Waals surface area contributed by atoms with Crippen molar-refractivity contribution in [2.24, 2.45) is 0 Å². The van der Waals surface area contributed by atoms with Gasteiger partial charge in [0.2, 0.25) is 0 Å². The largest absolute Gasteiger partial charge is 0.497 e. The number of rotatable bonds is 7. The van der Waals surface area contributed by atoms with Crippen LogP contribution in [0.2, 0.25) is 0 Å². The Kier molecular flexibility index (Phi) is 7.23. The van der Waals surface area contributed by atoms with Crippen LogP contribution >= 0.6 is 0 Å². The van der Waals surface area contributed by atoms with Gasteiger partial charge in [0.25, 0.3) is 0 Å². The van der Waals surface area contributed by atoms with Gasteiger partial charge in [-0.1, -0.05) is 54.6 Å². The first-order valence-electron chi connectivity index (χ1n) is 15.7. The molecule has 0 atom stereocenters. The molecule has 0 radical (unpaired) electrons. The quantitative estimate of drug-likeness (QED) is 0.207. The molecule has 5 heterocycles.